The van der Waals surface area contributed by atoms with Gasteiger partial charge in [-0.15, -0.1) is 0 Å². The molecule has 2 heterocycles. The van der Waals surface area contributed by atoms with Crippen LogP contribution in [-0.2, 0) is 9.53 Å². The Kier molecular flexibility index (Phi) is 5.79. The van der Waals surface area contributed by atoms with Gasteiger partial charge in [0.05, 0.1) is 12.5 Å². The summed E-state index contributed by atoms with van der Waals surface area (Å²) < 4.78 is 5.15. The van der Waals surface area contributed by atoms with E-state index in [1.807, 2.05) is 11.8 Å². The second-order valence-electron chi connectivity index (χ2n) is 5.09. The van der Waals surface area contributed by atoms with E-state index in [2.05, 4.69) is 10.2 Å². The predicted octanol–water partition coefficient (Wildman–Crippen LogP) is 0.966. The van der Waals surface area contributed by atoms with Crippen molar-refractivity contribution in [3.63, 3.8) is 0 Å². The van der Waals surface area contributed by atoms with Gasteiger partial charge in [0.2, 0.25) is 5.91 Å². The van der Waals surface area contributed by atoms with Crippen molar-refractivity contribution in [3.05, 3.63) is 0 Å². The summed E-state index contributed by atoms with van der Waals surface area (Å²) >= 11 is 1.96. The molecule has 5 heteroatoms. The molecule has 2 rings (SSSR count). The first-order chi connectivity index (χ1) is 8.83. The third-order valence-electron chi connectivity index (χ3n) is 3.81. The van der Waals surface area contributed by atoms with Crippen LogP contribution in [0.2, 0.25) is 0 Å². The van der Waals surface area contributed by atoms with Crippen LogP contribution >= 0.6 is 11.8 Å². The molecular formula is C13H24N2O2S. The van der Waals surface area contributed by atoms with E-state index >= 15 is 0 Å². The third-order valence-corrected chi connectivity index (χ3v) is 4.96. The van der Waals surface area contributed by atoms with Crippen LogP contribution < -0.4 is 5.32 Å². The Bertz CT molecular complexity index is 264. The monoisotopic (exact) mass is 272 g/mol. The van der Waals surface area contributed by atoms with Crippen LogP contribution in [0.25, 0.3) is 0 Å². The highest BCUT2D eigenvalue weighted by Crippen LogP contribution is 2.25. The number of carbonyl (C=O) groups excluding carboxylic acids is 1. The molecular weight excluding hydrogens is 248 g/mol. The molecule has 0 saturated carbocycles. The Morgan fingerprint density at radius 1 is 1.50 bits per heavy atom. The normalized spacial score (nSPS) is 28.3. The van der Waals surface area contributed by atoms with Crippen LogP contribution in [0.15, 0.2) is 0 Å². The van der Waals surface area contributed by atoms with Crippen molar-refractivity contribution >= 4 is 17.7 Å². The highest BCUT2D eigenvalue weighted by atomic mass is 32.2. The standard InChI is InChI=1S/C13H24N2O2S/c1-17-7-6-15(12-4-8-18-10-12)13(16)11-3-2-5-14-9-11/h11-12,14H,2-10H2,1H3/t11-,12?/m0/s1. The Hall–Kier alpha value is -0.260. The summed E-state index contributed by atoms with van der Waals surface area (Å²) in [5, 5.41) is 3.33. The van der Waals surface area contributed by atoms with E-state index in [9.17, 15) is 4.79 Å². The maximum atomic E-state index is 12.6. The first kappa shape index (κ1) is 14.2. The molecule has 0 spiro atoms. The Morgan fingerprint density at radius 3 is 3.00 bits per heavy atom. The number of amides is 1. The Labute approximate surface area is 114 Å². The smallest absolute Gasteiger partial charge is 0.227 e. The lowest BCUT2D eigenvalue weighted by Crippen LogP contribution is -2.48. The van der Waals surface area contributed by atoms with Gasteiger partial charge in [0.25, 0.3) is 0 Å². The van der Waals surface area contributed by atoms with Gasteiger partial charge in [-0.25, -0.2) is 0 Å². The van der Waals surface area contributed by atoms with Gasteiger partial charge in [-0.05, 0) is 31.6 Å². The first-order valence-corrected chi connectivity index (χ1v) is 8.06. The molecule has 2 aliphatic heterocycles. The van der Waals surface area contributed by atoms with Crippen LogP contribution in [0.5, 0.6) is 0 Å². The van der Waals surface area contributed by atoms with Crippen molar-refractivity contribution in [3.8, 4) is 0 Å². The number of nitrogens with zero attached hydrogens (tertiary/aromatic N) is 1. The molecule has 2 saturated heterocycles. The summed E-state index contributed by atoms with van der Waals surface area (Å²) in [6.07, 6.45) is 3.30. The number of methoxy groups -OCH3 is 1. The summed E-state index contributed by atoms with van der Waals surface area (Å²) in [5.41, 5.74) is 0. The second kappa shape index (κ2) is 7.36. The number of piperidine rings is 1. The quantitative estimate of drug-likeness (QED) is 0.809. The van der Waals surface area contributed by atoms with Crippen LogP contribution in [-0.4, -0.2) is 61.7 Å². The molecule has 1 unspecified atom stereocenters. The number of carbonyl (C=O) groups is 1. The molecule has 2 atom stereocenters. The van der Waals surface area contributed by atoms with Gasteiger partial charge in [0.15, 0.2) is 0 Å². The van der Waals surface area contributed by atoms with E-state index in [-0.39, 0.29) is 5.92 Å². The van der Waals surface area contributed by atoms with Gasteiger partial charge < -0.3 is 15.0 Å². The molecule has 104 valence electrons. The van der Waals surface area contributed by atoms with Gasteiger partial charge >= 0.3 is 0 Å². The summed E-state index contributed by atoms with van der Waals surface area (Å²) in [6.45, 7) is 3.30. The minimum atomic E-state index is 0.182. The number of rotatable bonds is 5. The molecule has 2 fully saturated rings. The molecule has 2 aliphatic rings. The van der Waals surface area contributed by atoms with E-state index in [0.29, 0.717) is 18.6 Å². The second-order valence-corrected chi connectivity index (χ2v) is 6.23. The summed E-state index contributed by atoms with van der Waals surface area (Å²) in [5.74, 6) is 2.80. The summed E-state index contributed by atoms with van der Waals surface area (Å²) in [4.78, 5) is 14.7. The van der Waals surface area contributed by atoms with Crippen molar-refractivity contribution in [2.45, 2.75) is 25.3 Å². The lowest BCUT2D eigenvalue weighted by molar-refractivity contribution is -0.138. The topological polar surface area (TPSA) is 41.6 Å². The fourth-order valence-electron chi connectivity index (χ4n) is 2.73. The van der Waals surface area contributed by atoms with Crippen LogP contribution in [0.4, 0.5) is 0 Å². The summed E-state index contributed by atoms with van der Waals surface area (Å²) in [6, 6.07) is 0.430. The Morgan fingerprint density at radius 2 is 2.39 bits per heavy atom. The number of hydrogen-bond acceptors (Lipinski definition) is 4. The number of ether oxygens (including phenoxy) is 1. The highest BCUT2D eigenvalue weighted by Gasteiger charge is 2.31. The average molecular weight is 272 g/mol. The van der Waals surface area contributed by atoms with Crippen LogP contribution in [0.3, 0.4) is 0 Å². The van der Waals surface area contributed by atoms with E-state index in [1.165, 1.54) is 5.75 Å². The van der Waals surface area contributed by atoms with Gasteiger partial charge in [0.1, 0.15) is 0 Å². The van der Waals surface area contributed by atoms with Crippen molar-refractivity contribution in [2.75, 3.05) is 44.9 Å². The zero-order valence-electron chi connectivity index (χ0n) is 11.2. The van der Waals surface area contributed by atoms with Gasteiger partial charge in [-0.3, -0.25) is 4.79 Å². The van der Waals surface area contributed by atoms with E-state index in [0.717, 1.165) is 44.6 Å². The molecule has 0 radical (unpaired) electrons. The lowest BCUT2D eigenvalue weighted by Gasteiger charge is -2.33. The molecule has 1 amide bonds. The highest BCUT2D eigenvalue weighted by molar-refractivity contribution is 7.99. The third kappa shape index (κ3) is 3.62. The zero-order valence-corrected chi connectivity index (χ0v) is 12.0. The SMILES string of the molecule is COCCN(C(=O)[C@H]1CCCNC1)C1CCSC1. The lowest BCUT2D eigenvalue weighted by atomic mass is 9.97. The van der Waals surface area contributed by atoms with Crippen LogP contribution in [0.1, 0.15) is 19.3 Å². The van der Waals surface area contributed by atoms with Crippen molar-refractivity contribution in [1.29, 1.82) is 0 Å². The molecule has 1 N–H and O–H groups in total. The molecule has 0 aromatic rings. The minimum Gasteiger partial charge on any atom is -0.383 e. The van der Waals surface area contributed by atoms with Gasteiger partial charge in [0, 0.05) is 32.0 Å². The van der Waals surface area contributed by atoms with E-state index < -0.39 is 0 Å². The van der Waals surface area contributed by atoms with E-state index in [4.69, 9.17) is 4.74 Å². The van der Waals surface area contributed by atoms with E-state index in [1.54, 1.807) is 7.11 Å². The fraction of sp³-hybridized carbons (Fsp3) is 0.923. The zero-order chi connectivity index (χ0) is 12.8. The van der Waals surface area contributed by atoms with Gasteiger partial charge in [-0.2, -0.15) is 11.8 Å². The predicted molar refractivity (Wildman–Crippen MR) is 74.9 cm³/mol. The molecule has 18 heavy (non-hydrogen) atoms. The molecule has 4 nitrogen and oxygen atoms in total. The molecule has 0 aromatic carbocycles. The minimum absolute atomic E-state index is 0.182. The molecule has 0 aliphatic carbocycles. The van der Waals surface area contributed by atoms with Gasteiger partial charge in [-0.1, -0.05) is 0 Å². The largest absolute Gasteiger partial charge is 0.383 e. The van der Waals surface area contributed by atoms with Crippen molar-refractivity contribution in [2.24, 2.45) is 5.92 Å². The number of nitrogens with one attached hydrogen (secondary N) is 1. The summed E-state index contributed by atoms with van der Waals surface area (Å²) in [7, 11) is 1.70. The van der Waals surface area contributed by atoms with Crippen molar-refractivity contribution < 1.29 is 9.53 Å². The van der Waals surface area contributed by atoms with Crippen LogP contribution in [0, 0.1) is 5.92 Å². The number of hydrogen-bond donors (Lipinski definition) is 1. The number of thioether (sulfide) groups is 1. The van der Waals surface area contributed by atoms with Crippen molar-refractivity contribution in [1.82, 2.24) is 10.2 Å². The maximum absolute atomic E-state index is 12.6. The average Bonchev–Trinajstić information content (AvgIpc) is 2.94. The first-order valence-electron chi connectivity index (χ1n) is 6.91. The Balaban J connectivity index is 1.94. The fourth-order valence-corrected chi connectivity index (χ4v) is 3.95. The maximum Gasteiger partial charge on any atom is 0.227 e. The molecule has 0 bridgehead atoms. The molecule has 0 aromatic heterocycles.